The zero-order valence-corrected chi connectivity index (χ0v) is 22.9. The zero-order chi connectivity index (χ0) is 26.5. The van der Waals surface area contributed by atoms with Gasteiger partial charge in [0.2, 0.25) is 0 Å². The van der Waals surface area contributed by atoms with Gasteiger partial charge in [0.05, 0.1) is 24.2 Å². The van der Waals surface area contributed by atoms with E-state index in [4.69, 9.17) is 0 Å². The molecule has 6 nitrogen and oxygen atoms in total. The van der Waals surface area contributed by atoms with Gasteiger partial charge in [0.15, 0.2) is 0 Å². The van der Waals surface area contributed by atoms with E-state index in [2.05, 4.69) is 27.7 Å². The fourth-order valence-electron chi connectivity index (χ4n) is 10.8. The van der Waals surface area contributed by atoms with E-state index >= 15 is 0 Å². The van der Waals surface area contributed by atoms with E-state index in [1.807, 2.05) is 13.0 Å². The second kappa shape index (κ2) is 8.03. The molecule has 0 aliphatic heterocycles. The third-order valence-electron chi connectivity index (χ3n) is 13.4. The summed E-state index contributed by atoms with van der Waals surface area (Å²) in [6, 6.07) is 0. The molecule has 4 saturated carbocycles. The first-order chi connectivity index (χ1) is 16.7. The lowest BCUT2D eigenvalue weighted by Gasteiger charge is -2.71. The standard InChI is InChI=1S/C30H48O6/c1-25(16-31)10-12-30(24(35)36)13-11-28(4)18(19(30)15-25)14-20(33)23-26(2)8-7-22(34)27(3,17-32)21(26)6-9-29(23,28)5/h14,19-23,31-34H,6-13,15-17H2,1-5H3,(H,35,36)/t19-,20-,21+,22-,23+,25-,26-,27+,28+,29+,30-/m0/s1. The number of carbonyl (C=O) groups is 1. The lowest BCUT2D eigenvalue weighted by molar-refractivity contribution is -0.235. The van der Waals surface area contributed by atoms with Crippen LogP contribution in [0.1, 0.15) is 92.4 Å². The summed E-state index contributed by atoms with van der Waals surface area (Å²) in [7, 11) is 0. The second-order valence-corrected chi connectivity index (χ2v) is 14.8. The molecule has 0 spiro atoms. The molecule has 0 amide bonds. The first kappa shape index (κ1) is 26.6. The average Bonchev–Trinajstić information content (AvgIpc) is 2.82. The Morgan fingerprint density at radius 3 is 2.19 bits per heavy atom. The van der Waals surface area contributed by atoms with Gasteiger partial charge < -0.3 is 25.5 Å². The molecule has 0 heterocycles. The summed E-state index contributed by atoms with van der Waals surface area (Å²) in [6.45, 7) is 11.0. The van der Waals surface area contributed by atoms with Crippen LogP contribution in [0.2, 0.25) is 0 Å². The van der Waals surface area contributed by atoms with Crippen molar-refractivity contribution in [3.8, 4) is 0 Å². The van der Waals surface area contributed by atoms with Gasteiger partial charge in [-0.15, -0.1) is 0 Å². The lowest BCUT2D eigenvalue weighted by Crippen LogP contribution is -2.68. The highest BCUT2D eigenvalue weighted by Crippen LogP contribution is 2.75. The van der Waals surface area contributed by atoms with E-state index < -0.39 is 29.0 Å². The molecular weight excluding hydrogens is 456 g/mol. The van der Waals surface area contributed by atoms with Crippen LogP contribution in [-0.2, 0) is 4.79 Å². The summed E-state index contributed by atoms with van der Waals surface area (Å²) < 4.78 is 0. The minimum absolute atomic E-state index is 0.0268. The summed E-state index contributed by atoms with van der Waals surface area (Å²) in [5.74, 6) is -0.832. The van der Waals surface area contributed by atoms with Gasteiger partial charge in [-0.05, 0) is 91.3 Å². The molecule has 5 aliphatic rings. The van der Waals surface area contributed by atoms with Crippen LogP contribution in [0.3, 0.4) is 0 Å². The number of fused-ring (bicyclic) bond motifs is 7. The van der Waals surface area contributed by atoms with Crippen molar-refractivity contribution in [2.24, 2.45) is 50.2 Å². The molecule has 0 aromatic heterocycles. The van der Waals surface area contributed by atoms with Crippen LogP contribution in [0, 0.1) is 50.2 Å². The topological polar surface area (TPSA) is 118 Å². The minimum Gasteiger partial charge on any atom is -0.481 e. The Bertz CT molecular complexity index is 963. The fourth-order valence-corrected chi connectivity index (χ4v) is 10.8. The van der Waals surface area contributed by atoms with Gasteiger partial charge in [0.25, 0.3) is 0 Å². The maximum atomic E-state index is 12.8. The van der Waals surface area contributed by atoms with E-state index in [0.29, 0.717) is 32.1 Å². The molecule has 5 N–H and O–H groups in total. The van der Waals surface area contributed by atoms with Gasteiger partial charge in [-0.3, -0.25) is 4.79 Å². The maximum absolute atomic E-state index is 12.8. The lowest BCUT2D eigenvalue weighted by atomic mass is 9.33. The molecule has 0 saturated heterocycles. The maximum Gasteiger partial charge on any atom is 0.310 e. The summed E-state index contributed by atoms with van der Waals surface area (Å²) in [5, 5.41) is 54.0. The van der Waals surface area contributed by atoms with Crippen LogP contribution >= 0.6 is 0 Å². The van der Waals surface area contributed by atoms with Crippen molar-refractivity contribution in [1.82, 2.24) is 0 Å². The Kier molecular flexibility index (Phi) is 5.95. The number of hydrogen-bond acceptors (Lipinski definition) is 5. The molecule has 11 atom stereocenters. The van der Waals surface area contributed by atoms with Gasteiger partial charge in [0.1, 0.15) is 0 Å². The van der Waals surface area contributed by atoms with Gasteiger partial charge in [-0.25, -0.2) is 0 Å². The van der Waals surface area contributed by atoms with Crippen LogP contribution < -0.4 is 0 Å². The first-order valence-electron chi connectivity index (χ1n) is 14.2. The monoisotopic (exact) mass is 504 g/mol. The number of hydrogen-bond donors (Lipinski definition) is 5. The van der Waals surface area contributed by atoms with Crippen LogP contribution in [0.15, 0.2) is 11.6 Å². The number of carboxylic acid groups (broad SMARTS) is 1. The van der Waals surface area contributed by atoms with Crippen molar-refractivity contribution < 1.29 is 30.3 Å². The van der Waals surface area contributed by atoms with Gasteiger partial charge in [-0.2, -0.15) is 0 Å². The number of allylic oxidation sites excluding steroid dienone is 1. The molecule has 5 aliphatic carbocycles. The number of carboxylic acids is 1. The van der Waals surface area contributed by atoms with Crippen LogP contribution in [0.4, 0.5) is 0 Å². The molecule has 4 fully saturated rings. The third kappa shape index (κ3) is 3.08. The largest absolute Gasteiger partial charge is 0.481 e. The normalized spacial score (nSPS) is 56.5. The predicted molar refractivity (Wildman–Crippen MR) is 137 cm³/mol. The van der Waals surface area contributed by atoms with Crippen molar-refractivity contribution in [2.45, 2.75) is 105 Å². The van der Waals surface area contributed by atoms with Crippen LogP contribution in [0.25, 0.3) is 0 Å². The third-order valence-corrected chi connectivity index (χ3v) is 13.4. The van der Waals surface area contributed by atoms with Crippen molar-refractivity contribution in [1.29, 1.82) is 0 Å². The van der Waals surface area contributed by atoms with Crippen LogP contribution in [-0.4, -0.2) is 56.9 Å². The molecule has 36 heavy (non-hydrogen) atoms. The second-order valence-electron chi connectivity index (χ2n) is 14.8. The fraction of sp³-hybridized carbons (Fsp3) is 0.900. The Balaban J connectivity index is 1.64. The highest BCUT2D eigenvalue weighted by atomic mass is 16.4. The number of aliphatic hydroxyl groups excluding tert-OH is 4. The van der Waals surface area contributed by atoms with Crippen LogP contribution in [0.5, 0.6) is 0 Å². The van der Waals surface area contributed by atoms with E-state index in [-0.39, 0.29) is 52.6 Å². The summed E-state index contributed by atoms with van der Waals surface area (Å²) >= 11 is 0. The molecular formula is C30H48O6. The molecule has 0 aromatic rings. The minimum atomic E-state index is -0.825. The first-order valence-corrected chi connectivity index (χ1v) is 14.2. The Labute approximate surface area is 216 Å². The number of rotatable bonds is 3. The van der Waals surface area contributed by atoms with E-state index in [9.17, 15) is 30.3 Å². The van der Waals surface area contributed by atoms with E-state index in [1.165, 1.54) is 0 Å². The summed E-state index contributed by atoms with van der Waals surface area (Å²) in [4.78, 5) is 12.8. The van der Waals surface area contributed by atoms with E-state index in [1.54, 1.807) is 0 Å². The van der Waals surface area contributed by atoms with Crippen molar-refractivity contribution >= 4 is 5.97 Å². The zero-order valence-electron chi connectivity index (χ0n) is 22.9. The number of aliphatic carboxylic acids is 1. The SMILES string of the molecule is C[C@]1(CO)CC[C@]2(C(=O)O)CC[C@]3(C)C(=C[C@H](O)[C@@H]4[C@@]5(C)CC[C@H](O)[C@](C)(CO)[C@@H]5CC[C@]43C)[C@@H]2C1. The Morgan fingerprint density at radius 1 is 0.917 bits per heavy atom. The molecule has 204 valence electrons. The van der Waals surface area contributed by atoms with Crippen molar-refractivity contribution in [2.75, 3.05) is 13.2 Å². The van der Waals surface area contributed by atoms with Gasteiger partial charge >= 0.3 is 5.97 Å². The molecule has 0 aromatic carbocycles. The smallest absolute Gasteiger partial charge is 0.310 e. The summed E-state index contributed by atoms with van der Waals surface area (Å²) in [6.07, 6.45) is 7.34. The van der Waals surface area contributed by atoms with Crippen molar-refractivity contribution in [3.05, 3.63) is 11.6 Å². The molecule has 0 radical (unpaired) electrons. The highest BCUT2D eigenvalue weighted by Gasteiger charge is 2.71. The Morgan fingerprint density at radius 2 is 1.58 bits per heavy atom. The quantitative estimate of drug-likeness (QED) is 0.369. The molecule has 5 rings (SSSR count). The molecule has 0 unspecified atom stereocenters. The average molecular weight is 505 g/mol. The van der Waals surface area contributed by atoms with E-state index in [0.717, 1.165) is 31.3 Å². The van der Waals surface area contributed by atoms with Gasteiger partial charge in [0, 0.05) is 17.9 Å². The van der Waals surface area contributed by atoms with Gasteiger partial charge in [-0.1, -0.05) is 46.3 Å². The Hall–Kier alpha value is -0.950. The van der Waals surface area contributed by atoms with Crippen molar-refractivity contribution in [3.63, 3.8) is 0 Å². The predicted octanol–water partition coefficient (Wildman–Crippen LogP) is 4.15. The number of aliphatic hydroxyl groups is 4. The molecule has 6 heteroatoms. The summed E-state index contributed by atoms with van der Waals surface area (Å²) in [5.41, 5.74) is -1.31. The molecule has 0 bridgehead atoms. The highest BCUT2D eigenvalue weighted by molar-refractivity contribution is 5.76.